The molecule has 5 rings (SSSR count). The number of nitrogens with zero attached hydrogens (tertiary/aromatic N) is 2. The molecule has 204 valence electrons. The lowest BCUT2D eigenvalue weighted by Crippen LogP contribution is -2.51. The molecule has 6 nitrogen and oxygen atoms in total. The topological polar surface area (TPSA) is 61.9 Å². The fraction of sp³-hybridized carbons (Fsp3) is 0.333. The average molecular weight is 538 g/mol. The number of anilines is 1. The lowest BCUT2D eigenvalue weighted by atomic mass is 9.81. The van der Waals surface area contributed by atoms with Crippen molar-refractivity contribution in [2.75, 3.05) is 31.6 Å². The zero-order valence-corrected chi connectivity index (χ0v) is 21.6. The number of rotatable bonds is 7. The van der Waals surface area contributed by atoms with E-state index >= 15 is 0 Å². The van der Waals surface area contributed by atoms with E-state index < -0.39 is 17.6 Å². The van der Waals surface area contributed by atoms with Gasteiger partial charge in [0, 0.05) is 45.1 Å². The van der Waals surface area contributed by atoms with Gasteiger partial charge in [0.1, 0.15) is 23.1 Å². The summed E-state index contributed by atoms with van der Waals surface area (Å²) in [5.74, 6) is -1.82. The van der Waals surface area contributed by atoms with E-state index in [-0.39, 0.29) is 29.9 Å². The smallest absolute Gasteiger partial charge is 0.414 e. The van der Waals surface area contributed by atoms with Crippen LogP contribution in [0.15, 0.2) is 66.7 Å². The molecule has 2 heterocycles. The number of fused-ring (bicyclic) bond motifs is 2. The molecule has 0 saturated carbocycles. The summed E-state index contributed by atoms with van der Waals surface area (Å²) in [7, 11) is 1.61. The second kappa shape index (κ2) is 11.1. The minimum Gasteiger partial charge on any atom is -0.437 e. The summed E-state index contributed by atoms with van der Waals surface area (Å²) in [6.45, 7) is 2.03. The zero-order chi connectivity index (χ0) is 27.6. The van der Waals surface area contributed by atoms with Crippen LogP contribution >= 0.6 is 0 Å². The molecule has 1 atom stereocenters. The fourth-order valence-electron chi connectivity index (χ4n) is 5.43. The summed E-state index contributed by atoms with van der Waals surface area (Å²) in [5.41, 5.74) is 1.91. The summed E-state index contributed by atoms with van der Waals surface area (Å²) >= 11 is 0. The second-order valence-electron chi connectivity index (χ2n) is 10.2. The van der Waals surface area contributed by atoms with E-state index in [0.717, 1.165) is 5.56 Å². The first kappa shape index (κ1) is 26.7. The van der Waals surface area contributed by atoms with Crippen molar-refractivity contribution in [1.82, 2.24) is 10.2 Å². The molecule has 1 unspecified atom stereocenters. The molecule has 2 aliphatic heterocycles. The van der Waals surface area contributed by atoms with E-state index in [9.17, 15) is 22.8 Å². The van der Waals surface area contributed by atoms with E-state index in [0.29, 0.717) is 55.7 Å². The third-order valence-electron chi connectivity index (χ3n) is 7.73. The number of ether oxygens (including phenoxy) is 1. The number of likely N-dealkylation sites (tertiary alicyclic amines) is 1. The molecule has 3 aromatic rings. The predicted octanol–water partition coefficient (Wildman–Crippen LogP) is 5.47. The summed E-state index contributed by atoms with van der Waals surface area (Å²) in [5, 5.41) is 2.92. The molecule has 39 heavy (non-hydrogen) atoms. The number of piperidine rings is 1. The Morgan fingerprint density at radius 3 is 2.23 bits per heavy atom. The molecule has 1 N–H and O–H groups in total. The first-order valence-electron chi connectivity index (χ1n) is 13.0. The highest BCUT2D eigenvalue weighted by Crippen LogP contribution is 2.45. The van der Waals surface area contributed by atoms with Crippen molar-refractivity contribution in [3.05, 3.63) is 101 Å². The maximum Gasteiger partial charge on any atom is 0.414 e. The van der Waals surface area contributed by atoms with Crippen LogP contribution < -0.4 is 10.2 Å². The van der Waals surface area contributed by atoms with Gasteiger partial charge >= 0.3 is 6.09 Å². The summed E-state index contributed by atoms with van der Waals surface area (Å²) < 4.78 is 46.8. The zero-order valence-electron chi connectivity index (χ0n) is 21.6. The molecule has 1 saturated heterocycles. The Morgan fingerprint density at radius 1 is 0.949 bits per heavy atom. The van der Waals surface area contributed by atoms with Gasteiger partial charge in [-0.25, -0.2) is 18.0 Å². The monoisotopic (exact) mass is 537 g/mol. The van der Waals surface area contributed by atoms with Gasteiger partial charge in [0.2, 0.25) is 5.91 Å². The van der Waals surface area contributed by atoms with E-state index in [2.05, 4.69) is 10.2 Å². The van der Waals surface area contributed by atoms with Gasteiger partial charge in [0.15, 0.2) is 0 Å². The third kappa shape index (κ3) is 5.78. The van der Waals surface area contributed by atoms with Crippen molar-refractivity contribution in [2.45, 2.75) is 37.3 Å². The van der Waals surface area contributed by atoms with Gasteiger partial charge in [0.25, 0.3) is 0 Å². The van der Waals surface area contributed by atoms with Crippen molar-refractivity contribution < 1.29 is 27.5 Å². The van der Waals surface area contributed by atoms with Gasteiger partial charge in [0.05, 0.1) is 11.6 Å². The lowest BCUT2D eigenvalue weighted by molar-refractivity contribution is -0.123. The Kier molecular flexibility index (Phi) is 7.61. The van der Waals surface area contributed by atoms with Crippen molar-refractivity contribution in [1.29, 1.82) is 0 Å². The molecule has 1 fully saturated rings. The van der Waals surface area contributed by atoms with Crippen LogP contribution in [0.25, 0.3) is 0 Å². The molecule has 9 heteroatoms. The lowest BCUT2D eigenvalue weighted by Gasteiger charge is -2.46. The van der Waals surface area contributed by atoms with Crippen LogP contribution in [0.2, 0.25) is 0 Å². The number of amides is 2. The Morgan fingerprint density at radius 2 is 1.56 bits per heavy atom. The molecule has 0 bridgehead atoms. The average Bonchev–Trinajstić information content (AvgIpc) is 2.93. The highest BCUT2D eigenvalue weighted by Gasteiger charge is 2.46. The predicted molar refractivity (Wildman–Crippen MR) is 141 cm³/mol. The number of nitrogens with one attached hydrogen (secondary N) is 1. The quantitative estimate of drug-likeness (QED) is 0.434. The molecule has 0 aromatic heterocycles. The van der Waals surface area contributed by atoms with Crippen molar-refractivity contribution >= 4 is 17.7 Å². The van der Waals surface area contributed by atoms with Gasteiger partial charge in [-0.2, -0.15) is 0 Å². The maximum atomic E-state index is 14.1. The first-order chi connectivity index (χ1) is 18.7. The van der Waals surface area contributed by atoms with E-state index in [1.807, 2.05) is 0 Å². The van der Waals surface area contributed by atoms with Crippen LogP contribution in [0, 0.1) is 17.5 Å². The number of hydrogen-bond donors (Lipinski definition) is 1. The number of halogens is 3. The molecule has 1 spiro atoms. The van der Waals surface area contributed by atoms with E-state index in [1.54, 1.807) is 37.4 Å². The minimum absolute atomic E-state index is 0.201. The van der Waals surface area contributed by atoms with Crippen molar-refractivity contribution in [3.8, 4) is 0 Å². The molecule has 3 aromatic carbocycles. The van der Waals surface area contributed by atoms with E-state index in [1.165, 1.54) is 41.3 Å². The largest absolute Gasteiger partial charge is 0.437 e. The Balaban J connectivity index is 1.25. The highest BCUT2D eigenvalue weighted by molar-refractivity contribution is 5.91. The number of carbonyl (C=O) groups excluding carboxylic acids is 2. The van der Waals surface area contributed by atoms with Gasteiger partial charge in [-0.3, -0.25) is 9.69 Å². The summed E-state index contributed by atoms with van der Waals surface area (Å²) in [6, 6.07) is 16.2. The minimum atomic E-state index is -0.888. The van der Waals surface area contributed by atoms with Crippen LogP contribution in [0.3, 0.4) is 0 Å². The van der Waals surface area contributed by atoms with Gasteiger partial charge in [-0.1, -0.05) is 24.3 Å². The van der Waals surface area contributed by atoms with Crippen LogP contribution in [-0.2, 0) is 21.7 Å². The molecule has 0 aliphatic carbocycles. The van der Waals surface area contributed by atoms with Gasteiger partial charge in [-0.05, 0) is 66.6 Å². The Labute approximate surface area is 225 Å². The number of benzene rings is 3. The van der Waals surface area contributed by atoms with Crippen molar-refractivity contribution in [3.63, 3.8) is 0 Å². The molecule has 2 amide bonds. The maximum absolute atomic E-state index is 14.1. The SMILES string of the molecule is CN1C(=O)OC2(CCN(CCC(C(=O)NCc3ccc(F)cc3)c3ccc(F)cc3)CC2)c2cc(F)ccc21. The molecule has 2 aliphatic rings. The van der Waals surface area contributed by atoms with E-state index in [4.69, 9.17) is 4.74 Å². The van der Waals surface area contributed by atoms with Gasteiger partial charge in [-0.15, -0.1) is 0 Å². The molecule has 0 radical (unpaired) electrons. The number of carbonyl (C=O) groups is 2. The number of hydrogen-bond acceptors (Lipinski definition) is 4. The first-order valence-corrected chi connectivity index (χ1v) is 13.0. The normalized spacial score (nSPS) is 17.4. The standard InChI is InChI=1S/C30H30F3N3O3/c1-35-27-11-10-24(33)18-26(27)30(39-29(35)38)13-16-36(17-14-30)15-12-25(21-4-8-23(32)9-5-21)28(37)34-19-20-2-6-22(31)7-3-20/h2-11,18,25H,12-17,19H2,1H3,(H,34,37). The van der Waals surface area contributed by atoms with Crippen LogP contribution in [-0.4, -0.2) is 43.6 Å². The second-order valence-corrected chi connectivity index (χ2v) is 10.2. The molecular weight excluding hydrogens is 507 g/mol. The Bertz CT molecular complexity index is 1340. The van der Waals surface area contributed by atoms with Crippen LogP contribution in [0.4, 0.5) is 23.7 Å². The fourth-order valence-corrected chi connectivity index (χ4v) is 5.43. The van der Waals surface area contributed by atoms with Crippen molar-refractivity contribution in [2.24, 2.45) is 0 Å². The summed E-state index contributed by atoms with van der Waals surface area (Å²) in [6.07, 6.45) is 1.03. The van der Waals surface area contributed by atoms with Crippen LogP contribution in [0.5, 0.6) is 0 Å². The van der Waals surface area contributed by atoms with Crippen LogP contribution in [0.1, 0.15) is 41.9 Å². The third-order valence-corrected chi connectivity index (χ3v) is 7.73. The Hall–Kier alpha value is -3.85. The molecular formula is C30H30F3N3O3. The highest BCUT2D eigenvalue weighted by atomic mass is 19.1. The summed E-state index contributed by atoms with van der Waals surface area (Å²) in [4.78, 5) is 29.4. The van der Waals surface area contributed by atoms with Gasteiger partial charge < -0.3 is 15.0 Å².